The SMILES string of the molecule is C[N+](C)(Cc1ccc(NC(=O)c2cc3ccccc3s2)cc1)C1CCCCC1.[I-]. The number of carbonyl (C=O) groups is 1. The van der Waals surface area contributed by atoms with Crippen molar-refractivity contribution >= 4 is 33.0 Å². The van der Waals surface area contributed by atoms with Crippen molar-refractivity contribution < 1.29 is 33.3 Å². The lowest BCUT2D eigenvalue weighted by Crippen LogP contribution is -3.00. The zero-order valence-electron chi connectivity index (χ0n) is 17.2. The highest BCUT2D eigenvalue weighted by molar-refractivity contribution is 7.20. The van der Waals surface area contributed by atoms with Gasteiger partial charge in [-0.3, -0.25) is 4.79 Å². The molecule has 1 saturated carbocycles. The van der Waals surface area contributed by atoms with Gasteiger partial charge in [0.05, 0.1) is 25.0 Å². The highest BCUT2D eigenvalue weighted by Gasteiger charge is 2.29. The van der Waals surface area contributed by atoms with E-state index in [9.17, 15) is 4.79 Å². The monoisotopic (exact) mass is 520 g/mol. The highest BCUT2D eigenvalue weighted by atomic mass is 127. The van der Waals surface area contributed by atoms with Crippen LogP contribution >= 0.6 is 11.3 Å². The quantitative estimate of drug-likeness (QED) is 0.407. The Morgan fingerprint density at radius 1 is 1.03 bits per heavy atom. The largest absolute Gasteiger partial charge is 1.00 e. The molecule has 1 heterocycles. The topological polar surface area (TPSA) is 29.1 Å². The average Bonchev–Trinajstić information content (AvgIpc) is 3.14. The third-order valence-electron chi connectivity index (χ3n) is 6.01. The molecule has 1 aliphatic carbocycles. The number of hydrogen-bond acceptors (Lipinski definition) is 2. The zero-order valence-corrected chi connectivity index (χ0v) is 20.1. The van der Waals surface area contributed by atoms with Crippen LogP contribution in [0.25, 0.3) is 10.1 Å². The Hall–Kier alpha value is -1.44. The number of anilines is 1. The van der Waals surface area contributed by atoms with Gasteiger partial charge in [0.2, 0.25) is 0 Å². The number of amides is 1. The van der Waals surface area contributed by atoms with Gasteiger partial charge in [0, 0.05) is 16.0 Å². The Labute approximate surface area is 194 Å². The second-order valence-corrected chi connectivity index (χ2v) is 9.61. The number of carbonyl (C=O) groups excluding carboxylic acids is 1. The van der Waals surface area contributed by atoms with Crippen LogP contribution in [0.3, 0.4) is 0 Å². The van der Waals surface area contributed by atoms with Crippen molar-refractivity contribution in [3.05, 3.63) is 65.0 Å². The molecule has 3 aromatic rings. The summed E-state index contributed by atoms with van der Waals surface area (Å²) in [6, 6.07) is 19.2. The Kier molecular flexibility index (Phi) is 7.35. The molecule has 4 rings (SSSR count). The number of nitrogens with one attached hydrogen (secondary N) is 1. The number of rotatable bonds is 5. The fourth-order valence-electron chi connectivity index (χ4n) is 4.36. The van der Waals surface area contributed by atoms with Gasteiger partial charge in [-0.05, 0) is 55.3 Å². The molecule has 0 unspecified atom stereocenters. The van der Waals surface area contributed by atoms with E-state index in [-0.39, 0.29) is 29.9 Å². The molecule has 0 atom stereocenters. The van der Waals surface area contributed by atoms with E-state index in [0.717, 1.165) is 37.7 Å². The minimum Gasteiger partial charge on any atom is -1.00 e. The standard InChI is InChI=1S/C24H28N2OS.HI/c1-26(2,21-9-4-3-5-10-21)17-18-12-14-20(15-13-18)25-24(27)23-16-19-8-6-7-11-22(19)28-23;/h6-8,11-16,21H,3-5,9-10,17H2,1-2H3;1H. The lowest BCUT2D eigenvalue weighted by molar-refractivity contribution is -0.929. The summed E-state index contributed by atoms with van der Waals surface area (Å²) in [6.45, 7) is 1.04. The van der Waals surface area contributed by atoms with Gasteiger partial charge < -0.3 is 33.8 Å². The molecule has 29 heavy (non-hydrogen) atoms. The summed E-state index contributed by atoms with van der Waals surface area (Å²) in [4.78, 5) is 13.4. The van der Waals surface area contributed by atoms with Crippen LogP contribution in [0, 0.1) is 0 Å². The first-order chi connectivity index (χ1) is 13.5. The summed E-state index contributed by atoms with van der Waals surface area (Å²) in [5, 5.41) is 4.16. The molecule has 154 valence electrons. The van der Waals surface area contributed by atoms with Crippen molar-refractivity contribution in [2.75, 3.05) is 19.4 Å². The maximum atomic E-state index is 12.6. The number of benzene rings is 2. The van der Waals surface area contributed by atoms with Crippen LogP contribution in [0.5, 0.6) is 0 Å². The Balaban J connectivity index is 0.00000240. The van der Waals surface area contributed by atoms with E-state index in [4.69, 9.17) is 0 Å². The van der Waals surface area contributed by atoms with Gasteiger partial charge in [-0.25, -0.2) is 0 Å². The first kappa shape index (κ1) is 22.2. The molecular weight excluding hydrogens is 491 g/mol. The minimum absolute atomic E-state index is 0. The summed E-state index contributed by atoms with van der Waals surface area (Å²) >= 11 is 1.54. The maximum absolute atomic E-state index is 12.6. The Morgan fingerprint density at radius 3 is 2.41 bits per heavy atom. The maximum Gasteiger partial charge on any atom is 0.265 e. The van der Waals surface area contributed by atoms with E-state index in [1.165, 1.54) is 49.0 Å². The van der Waals surface area contributed by atoms with Crippen molar-refractivity contribution in [1.82, 2.24) is 0 Å². The normalized spacial score (nSPS) is 15.1. The molecule has 1 amide bonds. The molecule has 0 bridgehead atoms. The summed E-state index contributed by atoms with van der Waals surface area (Å²) < 4.78 is 2.19. The number of quaternary nitrogens is 1. The molecule has 1 aliphatic rings. The molecule has 1 N–H and O–H groups in total. The van der Waals surface area contributed by atoms with Gasteiger partial charge in [0.15, 0.2) is 0 Å². The van der Waals surface area contributed by atoms with Crippen molar-refractivity contribution in [3.63, 3.8) is 0 Å². The Morgan fingerprint density at radius 2 is 1.72 bits per heavy atom. The van der Waals surface area contributed by atoms with Crippen molar-refractivity contribution in [2.24, 2.45) is 0 Å². The summed E-state index contributed by atoms with van der Waals surface area (Å²) in [5.41, 5.74) is 2.18. The number of thiophene rings is 1. The highest BCUT2D eigenvalue weighted by Crippen LogP contribution is 2.28. The fourth-order valence-corrected chi connectivity index (χ4v) is 5.32. The van der Waals surface area contributed by atoms with E-state index in [0.29, 0.717) is 0 Å². The van der Waals surface area contributed by atoms with Crippen LogP contribution in [0.4, 0.5) is 5.69 Å². The van der Waals surface area contributed by atoms with E-state index >= 15 is 0 Å². The molecule has 0 spiro atoms. The number of nitrogens with zero attached hydrogens (tertiary/aromatic N) is 1. The van der Waals surface area contributed by atoms with E-state index in [1.54, 1.807) is 0 Å². The third-order valence-corrected chi connectivity index (χ3v) is 7.13. The second-order valence-electron chi connectivity index (χ2n) is 8.53. The fraction of sp³-hybridized carbons (Fsp3) is 0.375. The van der Waals surface area contributed by atoms with Gasteiger partial charge in [0.1, 0.15) is 6.54 Å². The molecule has 0 saturated heterocycles. The molecule has 1 fully saturated rings. The van der Waals surface area contributed by atoms with Gasteiger partial charge in [-0.2, -0.15) is 0 Å². The van der Waals surface area contributed by atoms with Crippen molar-refractivity contribution in [1.29, 1.82) is 0 Å². The zero-order chi connectivity index (χ0) is 19.6. The van der Waals surface area contributed by atoms with E-state index < -0.39 is 0 Å². The predicted molar refractivity (Wildman–Crippen MR) is 119 cm³/mol. The molecule has 2 aromatic carbocycles. The van der Waals surface area contributed by atoms with Gasteiger partial charge in [0.25, 0.3) is 5.91 Å². The molecule has 1 aromatic heterocycles. The first-order valence-corrected chi connectivity index (χ1v) is 11.0. The summed E-state index contributed by atoms with van der Waals surface area (Å²) in [7, 11) is 4.71. The molecule has 5 heteroatoms. The van der Waals surface area contributed by atoms with Gasteiger partial charge in [-0.1, -0.05) is 36.8 Å². The molecule has 3 nitrogen and oxygen atoms in total. The number of hydrogen-bond donors (Lipinski definition) is 1. The first-order valence-electron chi connectivity index (χ1n) is 10.2. The van der Waals surface area contributed by atoms with Crippen LogP contribution in [-0.2, 0) is 6.54 Å². The minimum atomic E-state index is -0.0349. The van der Waals surface area contributed by atoms with Crippen molar-refractivity contribution in [3.8, 4) is 0 Å². The summed E-state index contributed by atoms with van der Waals surface area (Å²) in [6.07, 6.45) is 6.82. The third kappa shape index (κ3) is 5.38. The number of halogens is 1. The molecular formula is C24H29IN2OS. The average molecular weight is 520 g/mol. The Bertz CT molecular complexity index is 925. The lowest BCUT2D eigenvalue weighted by Gasteiger charge is -2.40. The second kappa shape index (κ2) is 9.58. The van der Waals surface area contributed by atoms with E-state index in [1.807, 2.05) is 36.4 Å². The van der Waals surface area contributed by atoms with Crippen molar-refractivity contribution in [2.45, 2.75) is 44.7 Å². The van der Waals surface area contributed by atoms with Crippen LogP contribution in [0.15, 0.2) is 54.6 Å². The van der Waals surface area contributed by atoms with Crippen LogP contribution in [-0.4, -0.2) is 30.5 Å². The summed E-state index contributed by atoms with van der Waals surface area (Å²) in [5.74, 6) is -0.0349. The van der Waals surface area contributed by atoms with Crippen LogP contribution in [0.1, 0.15) is 47.3 Å². The van der Waals surface area contributed by atoms with Crippen LogP contribution < -0.4 is 29.3 Å². The van der Waals surface area contributed by atoms with Gasteiger partial charge >= 0.3 is 0 Å². The molecule has 0 aliphatic heterocycles. The molecule has 0 radical (unpaired) electrons. The van der Waals surface area contributed by atoms with E-state index in [2.05, 4.69) is 37.6 Å². The number of fused-ring (bicyclic) bond motifs is 1. The lowest BCUT2D eigenvalue weighted by atomic mass is 9.92. The van der Waals surface area contributed by atoms with Crippen LogP contribution in [0.2, 0.25) is 0 Å². The smallest absolute Gasteiger partial charge is 0.265 e. The van der Waals surface area contributed by atoms with Gasteiger partial charge in [-0.15, -0.1) is 11.3 Å². The predicted octanol–water partition coefficient (Wildman–Crippen LogP) is 3.07.